The molecule has 1 aromatic heterocycles. The summed E-state index contributed by atoms with van der Waals surface area (Å²) in [5.74, 6) is 0.827. The summed E-state index contributed by atoms with van der Waals surface area (Å²) in [5.41, 5.74) is 3.52. The second kappa shape index (κ2) is 6.72. The average Bonchev–Trinajstić information content (AvgIpc) is 3.02. The number of imidazole rings is 1. The van der Waals surface area contributed by atoms with Gasteiger partial charge in [0, 0.05) is 12.1 Å². The van der Waals surface area contributed by atoms with Gasteiger partial charge in [0.1, 0.15) is 18.1 Å². The number of aromatic amines is 1. The molecule has 4 heteroatoms. The molecule has 0 radical (unpaired) electrons. The molecular formula is C18H16N2O2. The van der Waals surface area contributed by atoms with E-state index >= 15 is 0 Å². The summed E-state index contributed by atoms with van der Waals surface area (Å²) in [4.78, 5) is 17.8. The maximum Gasteiger partial charge on any atom is 0.170 e. The summed E-state index contributed by atoms with van der Waals surface area (Å²) >= 11 is 0. The number of hydrogen-bond donors (Lipinski definition) is 1. The number of nitrogens with one attached hydrogen (secondary N) is 1. The minimum absolute atomic E-state index is 0.462. The van der Waals surface area contributed by atoms with Crippen LogP contribution < -0.4 is 4.74 Å². The first-order chi connectivity index (χ1) is 10.8. The minimum atomic E-state index is 0.462. The molecule has 0 bridgehead atoms. The molecule has 1 heterocycles. The first kappa shape index (κ1) is 14.1. The van der Waals surface area contributed by atoms with Crippen molar-refractivity contribution in [1.82, 2.24) is 9.97 Å². The molecule has 110 valence electrons. The van der Waals surface area contributed by atoms with Gasteiger partial charge in [-0.3, -0.25) is 4.79 Å². The molecule has 1 N–H and O–H groups in total. The van der Waals surface area contributed by atoms with E-state index in [1.54, 1.807) is 0 Å². The summed E-state index contributed by atoms with van der Waals surface area (Å²) in [6.45, 7) is 0.552. The van der Waals surface area contributed by atoms with Crippen LogP contribution in [-0.4, -0.2) is 16.3 Å². The predicted octanol–water partition coefficient (Wildman–Crippen LogP) is 3.39. The van der Waals surface area contributed by atoms with Crippen molar-refractivity contribution in [1.29, 1.82) is 0 Å². The summed E-state index contributed by atoms with van der Waals surface area (Å²) in [6, 6.07) is 17.9. The third kappa shape index (κ3) is 3.41. The van der Waals surface area contributed by atoms with Gasteiger partial charge >= 0.3 is 0 Å². The van der Waals surface area contributed by atoms with Crippen LogP contribution in [0.4, 0.5) is 0 Å². The van der Waals surface area contributed by atoms with Crippen molar-refractivity contribution in [3.8, 4) is 5.75 Å². The van der Waals surface area contributed by atoms with Gasteiger partial charge in [-0.05, 0) is 23.3 Å². The molecule has 4 nitrogen and oxygen atoms in total. The molecule has 0 fully saturated rings. The van der Waals surface area contributed by atoms with Crippen molar-refractivity contribution in [3.63, 3.8) is 0 Å². The molecule has 3 rings (SSSR count). The topological polar surface area (TPSA) is 55.0 Å². The number of hydrogen-bond acceptors (Lipinski definition) is 3. The number of aldehydes is 1. The highest BCUT2D eigenvalue weighted by molar-refractivity contribution is 5.73. The van der Waals surface area contributed by atoms with E-state index in [-0.39, 0.29) is 0 Å². The third-order valence-electron chi connectivity index (χ3n) is 3.42. The molecule has 0 spiro atoms. The second-order valence-corrected chi connectivity index (χ2v) is 4.98. The molecule has 0 saturated heterocycles. The van der Waals surface area contributed by atoms with Gasteiger partial charge < -0.3 is 9.72 Å². The summed E-state index contributed by atoms with van der Waals surface area (Å²) in [6.07, 6.45) is 2.95. The van der Waals surface area contributed by atoms with E-state index in [9.17, 15) is 4.79 Å². The maximum atomic E-state index is 10.9. The van der Waals surface area contributed by atoms with E-state index < -0.39 is 0 Å². The molecule has 3 aromatic rings. The van der Waals surface area contributed by atoms with Crippen molar-refractivity contribution in [2.45, 2.75) is 13.0 Å². The lowest BCUT2D eigenvalue weighted by molar-refractivity contribution is 0.111. The average molecular weight is 292 g/mol. The van der Waals surface area contributed by atoms with Gasteiger partial charge in [0.15, 0.2) is 6.29 Å². The van der Waals surface area contributed by atoms with Crippen molar-refractivity contribution >= 4 is 6.29 Å². The molecule has 0 saturated carbocycles. The number of carbonyl (C=O) groups excluding carboxylic acids is 1. The minimum Gasteiger partial charge on any atom is -0.489 e. The van der Waals surface area contributed by atoms with Crippen molar-refractivity contribution in [3.05, 3.63) is 83.4 Å². The van der Waals surface area contributed by atoms with Gasteiger partial charge in [-0.1, -0.05) is 42.5 Å². The van der Waals surface area contributed by atoms with Gasteiger partial charge in [-0.15, -0.1) is 0 Å². The van der Waals surface area contributed by atoms with E-state index in [4.69, 9.17) is 4.74 Å². The molecular weight excluding hydrogens is 276 g/mol. The van der Waals surface area contributed by atoms with E-state index in [2.05, 4.69) is 9.97 Å². The van der Waals surface area contributed by atoms with Crippen LogP contribution in [0.15, 0.2) is 60.9 Å². The van der Waals surface area contributed by atoms with Gasteiger partial charge in [0.25, 0.3) is 0 Å². The van der Waals surface area contributed by atoms with Gasteiger partial charge in [0.05, 0.1) is 6.33 Å². The van der Waals surface area contributed by atoms with E-state index in [1.165, 1.54) is 6.33 Å². The smallest absolute Gasteiger partial charge is 0.170 e. The van der Waals surface area contributed by atoms with Crippen molar-refractivity contribution in [2.75, 3.05) is 0 Å². The van der Waals surface area contributed by atoms with Crippen LogP contribution >= 0.6 is 0 Å². The number of nitrogens with zero attached hydrogens (tertiary/aromatic N) is 1. The van der Waals surface area contributed by atoms with Crippen LogP contribution in [0.1, 0.15) is 27.3 Å². The lowest BCUT2D eigenvalue weighted by Gasteiger charge is -2.07. The summed E-state index contributed by atoms with van der Waals surface area (Å²) in [5, 5.41) is 0. The number of rotatable bonds is 6. The Hall–Kier alpha value is -2.88. The van der Waals surface area contributed by atoms with E-state index in [0.717, 1.165) is 28.9 Å². The summed E-state index contributed by atoms with van der Waals surface area (Å²) in [7, 11) is 0. The number of H-pyrrole nitrogens is 1. The number of ether oxygens (including phenoxy) is 1. The molecule has 2 aromatic carbocycles. The first-order valence-corrected chi connectivity index (χ1v) is 7.08. The third-order valence-corrected chi connectivity index (χ3v) is 3.42. The van der Waals surface area contributed by atoms with Crippen LogP contribution in [0.5, 0.6) is 5.75 Å². The zero-order chi connectivity index (χ0) is 15.2. The predicted molar refractivity (Wildman–Crippen MR) is 84.0 cm³/mol. The number of benzene rings is 2. The van der Waals surface area contributed by atoms with Crippen LogP contribution in [0.2, 0.25) is 0 Å². The number of aromatic nitrogens is 2. The highest BCUT2D eigenvalue weighted by atomic mass is 16.5. The van der Waals surface area contributed by atoms with Gasteiger partial charge in [-0.2, -0.15) is 0 Å². The standard InChI is InChI=1S/C18H16N2O2/c21-11-18-17(19-13-20-18)10-14-6-8-16(9-7-14)22-12-15-4-2-1-3-5-15/h1-9,11,13H,10,12H2,(H,19,20). The summed E-state index contributed by atoms with van der Waals surface area (Å²) < 4.78 is 5.75. The molecule has 22 heavy (non-hydrogen) atoms. The van der Waals surface area contributed by atoms with E-state index in [1.807, 2.05) is 54.6 Å². The van der Waals surface area contributed by atoms with Gasteiger partial charge in [-0.25, -0.2) is 4.98 Å². The zero-order valence-corrected chi connectivity index (χ0v) is 12.0. The SMILES string of the molecule is O=Cc1nc[nH]c1Cc1ccc(OCc2ccccc2)cc1. The Kier molecular flexibility index (Phi) is 4.30. The lowest BCUT2D eigenvalue weighted by Crippen LogP contribution is -1.96. The fraction of sp³-hybridized carbons (Fsp3) is 0.111. The van der Waals surface area contributed by atoms with Crippen molar-refractivity contribution in [2.24, 2.45) is 0 Å². The molecule has 0 amide bonds. The van der Waals surface area contributed by atoms with Gasteiger partial charge in [0.2, 0.25) is 0 Å². The fourth-order valence-corrected chi connectivity index (χ4v) is 2.22. The van der Waals surface area contributed by atoms with Crippen LogP contribution in [0.25, 0.3) is 0 Å². The van der Waals surface area contributed by atoms with Crippen LogP contribution in [0, 0.1) is 0 Å². The molecule has 0 aliphatic rings. The second-order valence-electron chi connectivity index (χ2n) is 4.98. The maximum absolute atomic E-state index is 10.9. The fourth-order valence-electron chi connectivity index (χ4n) is 2.22. The Morgan fingerprint density at radius 1 is 1.00 bits per heavy atom. The highest BCUT2D eigenvalue weighted by Gasteiger charge is 2.05. The lowest BCUT2D eigenvalue weighted by atomic mass is 10.1. The zero-order valence-electron chi connectivity index (χ0n) is 12.0. The van der Waals surface area contributed by atoms with Crippen molar-refractivity contribution < 1.29 is 9.53 Å². The molecule has 0 aliphatic carbocycles. The Labute approximate surface area is 128 Å². The van der Waals surface area contributed by atoms with E-state index in [0.29, 0.717) is 18.7 Å². The first-order valence-electron chi connectivity index (χ1n) is 7.08. The Bertz CT molecular complexity index is 733. The molecule has 0 unspecified atom stereocenters. The Balaban J connectivity index is 1.62. The largest absolute Gasteiger partial charge is 0.489 e. The molecule has 0 atom stereocenters. The monoisotopic (exact) mass is 292 g/mol. The Morgan fingerprint density at radius 3 is 2.50 bits per heavy atom. The highest BCUT2D eigenvalue weighted by Crippen LogP contribution is 2.16. The van der Waals surface area contributed by atoms with Crippen LogP contribution in [-0.2, 0) is 13.0 Å². The molecule has 0 aliphatic heterocycles. The van der Waals surface area contributed by atoms with Crippen LogP contribution in [0.3, 0.4) is 0 Å². The normalized spacial score (nSPS) is 10.4. The quantitative estimate of drug-likeness (QED) is 0.708. The Morgan fingerprint density at radius 2 is 1.77 bits per heavy atom. The number of carbonyl (C=O) groups is 1.